The number of hydrogen-bond donors (Lipinski definition) is 2. The first-order valence-corrected chi connectivity index (χ1v) is 11.2. The van der Waals surface area contributed by atoms with E-state index in [0.717, 1.165) is 37.1 Å². The van der Waals surface area contributed by atoms with Crippen molar-refractivity contribution in [2.45, 2.75) is 19.3 Å². The summed E-state index contributed by atoms with van der Waals surface area (Å²) < 4.78 is 0.882. The number of para-hydroxylation sites is 1. The maximum absolute atomic E-state index is 12.6. The molecule has 1 aliphatic rings. The van der Waals surface area contributed by atoms with Crippen molar-refractivity contribution in [1.29, 1.82) is 0 Å². The molecule has 1 aromatic heterocycles. The second-order valence-electron chi connectivity index (χ2n) is 7.02. The summed E-state index contributed by atoms with van der Waals surface area (Å²) in [5.74, 6) is -0.537. The van der Waals surface area contributed by atoms with Crippen LogP contribution in [-0.2, 0) is 0 Å². The van der Waals surface area contributed by atoms with Gasteiger partial charge in [-0.1, -0.05) is 29.0 Å². The number of nitrogens with zero attached hydrogens (tertiary/aromatic N) is 3. The van der Waals surface area contributed by atoms with Crippen molar-refractivity contribution in [3.05, 3.63) is 57.1 Å². The maximum atomic E-state index is 12.6. The lowest BCUT2D eigenvalue weighted by Gasteiger charge is -2.28. The third-order valence-electron chi connectivity index (χ3n) is 4.95. The summed E-state index contributed by atoms with van der Waals surface area (Å²) in [4.78, 5) is 30.1. The van der Waals surface area contributed by atoms with E-state index < -0.39 is 10.8 Å². The summed E-state index contributed by atoms with van der Waals surface area (Å²) in [6.45, 7) is 1.54. The zero-order valence-corrected chi connectivity index (χ0v) is 18.6. The monoisotopic (exact) mass is 475 g/mol. The zero-order valence-electron chi connectivity index (χ0n) is 16.3. The van der Waals surface area contributed by atoms with Gasteiger partial charge in [-0.05, 0) is 55.7 Å². The lowest BCUT2D eigenvalue weighted by atomic mass is 10.1. The van der Waals surface area contributed by atoms with Gasteiger partial charge in [-0.2, -0.15) is 0 Å². The molecule has 160 valence electrons. The van der Waals surface area contributed by atoms with E-state index in [0.29, 0.717) is 21.4 Å². The van der Waals surface area contributed by atoms with Crippen molar-refractivity contribution in [3.63, 3.8) is 0 Å². The Kier molecular flexibility index (Phi) is 6.30. The average Bonchev–Trinajstić information content (AvgIpc) is 3.17. The van der Waals surface area contributed by atoms with Crippen LogP contribution in [0.5, 0.6) is 0 Å². The van der Waals surface area contributed by atoms with Crippen LogP contribution in [-0.4, -0.2) is 34.0 Å². The van der Waals surface area contributed by atoms with Crippen LogP contribution >= 0.6 is 35.2 Å². The third-order valence-corrected chi connectivity index (χ3v) is 6.39. The van der Waals surface area contributed by atoms with E-state index in [-0.39, 0.29) is 16.4 Å². The van der Waals surface area contributed by atoms with Gasteiger partial charge in [0.25, 0.3) is 11.6 Å². The van der Waals surface area contributed by atoms with Gasteiger partial charge in [0.2, 0.25) is 0 Å². The largest absolute Gasteiger partial charge is 0.366 e. The molecule has 0 aliphatic carbocycles. The Morgan fingerprint density at radius 1 is 1.23 bits per heavy atom. The quantitative estimate of drug-likeness (QED) is 0.312. The number of anilines is 2. The number of nitro benzene ring substituents is 1. The first kappa shape index (κ1) is 21.4. The predicted octanol–water partition coefficient (Wildman–Crippen LogP) is 4.98. The molecule has 11 heteroatoms. The standard InChI is InChI=1S/C20H18ClN5O3S2/c21-13-5-4-6-16-17(13)22-20(31-16)24-19(30)23-18(27)12-7-8-14(15(11-12)26(28)29)25-9-2-1-3-10-25/h4-8,11H,1-3,9-10H2,(H2,22,23,24,27,30). The first-order chi connectivity index (χ1) is 14.9. The van der Waals surface area contributed by atoms with Crippen LogP contribution in [0, 0.1) is 10.1 Å². The molecule has 1 saturated heterocycles. The van der Waals surface area contributed by atoms with Crippen LogP contribution < -0.4 is 15.5 Å². The molecule has 1 aliphatic heterocycles. The van der Waals surface area contributed by atoms with Crippen molar-refractivity contribution in [2.24, 2.45) is 0 Å². The fourth-order valence-electron chi connectivity index (χ4n) is 3.49. The minimum atomic E-state index is -0.537. The number of fused-ring (bicyclic) bond motifs is 1. The van der Waals surface area contributed by atoms with E-state index in [9.17, 15) is 14.9 Å². The number of thiazole rings is 1. The van der Waals surface area contributed by atoms with Crippen molar-refractivity contribution >= 4 is 72.9 Å². The molecule has 3 aromatic rings. The van der Waals surface area contributed by atoms with Crippen LogP contribution in [0.25, 0.3) is 10.2 Å². The van der Waals surface area contributed by atoms with Crippen LogP contribution in [0.1, 0.15) is 29.6 Å². The molecular weight excluding hydrogens is 458 g/mol. The van der Waals surface area contributed by atoms with Gasteiger partial charge in [0.1, 0.15) is 11.2 Å². The molecule has 0 spiro atoms. The predicted molar refractivity (Wildman–Crippen MR) is 127 cm³/mol. The number of amides is 1. The minimum Gasteiger partial charge on any atom is -0.366 e. The van der Waals surface area contributed by atoms with Gasteiger partial charge < -0.3 is 10.2 Å². The van der Waals surface area contributed by atoms with Crippen molar-refractivity contribution in [1.82, 2.24) is 10.3 Å². The highest BCUT2D eigenvalue weighted by atomic mass is 35.5. The Morgan fingerprint density at radius 3 is 2.71 bits per heavy atom. The van der Waals surface area contributed by atoms with Crippen LogP contribution in [0.4, 0.5) is 16.5 Å². The number of aromatic nitrogens is 1. The minimum absolute atomic E-state index is 0.0444. The SMILES string of the molecule is O=C(NC(=S)Nc1nc2c(Cl)cccc2s1)c1ccc(N2CCCCC2)c([N+](=O)[O-])c1. The zero-order chi connectivity index (χ0) is 22.0. The number of carbonyl (C=O) groups is 1. The van der Waals surface area contributed by atoms with E-state index in [1.807, 2.05) is 17.0 Å². The van der Waals surface area contributed by atoms with Crippen LogP contribution in [0.15, 0.2) is 36.4 Å². The van der Waals surface area contributed by atoms with Crippen molar-refractivity contribution in [3.8, 4) is 0 Å². The third kappa shape index (κ3) is 4.76. The first-order valence-electron chi connectivity index (χ1n) is 9.63. The summed E-state index contributed by atoms with van der Waals surface area (Å²) >= 11 is 12.7. The Balaban J connectivity index is 1.48. The summed E-state index contributed by atoms with van der Waals surface area (Å²) in [5.41, 5.74) is 1.25. The number of thiocarbonyl (C=S) groups is 1. The smallest absolute Gasteiger partial charge is 0.293 e. The lowest BCUT2D eigenvalue weighted by Crippen LogP contribution is -2.34. The van der Waals surface area contributed by atoms with Crippen LogP contribution in [0.2, 0.25) is 5.02 Å². The molecule has 2 aromatic carbocycles. The number of hydrogen-bond acceptors (Lipinski definition) is 7. The molecule has 1 amide bonds. The summed E-state index contributed by atoms with van der Waals surface area (Å²) in [5, 5.41) is 18.1. The Bertz CT molecular complexity index is 1180. The van der Waals surface area contributed by atoms with Crippen LogP contribution in [0.3, 0.4) is 0 Å². The second-order valence-corrected chi connectivity index (χ2v) is 8.87. The number of piperidine rings is 1. The molecule has 1 fully saturated rings. The number of rotatable bonds is 4. The van der Waals surface area contributed by atoms with E-state index in [1.54, 1.807) is 18.2 Å². The maximum Gasteiger partial charge on any atom is 0.293 e. The summed E-state index contributed by atoms with van der Waals surface area (Å²) in [6, 6.07) is 9.95. The van der Waals surface area contributed by atoms with Gasteiger partial charge in [0.05, 0.1) is 14.6 Å². The van der Waals surface area contributed by atoms with Gasteiger partial charge in [-0.3, -0.25) is 20.2 Å². The molecule has 4 rings (SSSR count). The molecule has 31 heavy (non-hydrogen) atoms. The Morgan fingerprint density at radius 2 is 2.00 bits per heavy atom. The highest BCUT2D eigenvalue weighted by Crippen LogP contribution is 2.32. The van der Waals surface area contributed by atoms with Gasteiger partial charge >= 0.3 is 0 Å². The number of carbonyl (C=O) groups excluding carboxylic acids is 1. The lowest BCUT2D eigenvalue weighted by molar-refractivity contribution is -0.384. The highest BCUT2D eigenvalue weighted by Gasteiger charge is 2.23. The summed E-state index contributed by atoms with van der Waals surface area (Å²) in [6.07, 6.45) is 3.11. The molecule has 0 atom stereocenters. The van der Waals surface area contributed by atoms with Gasteiger partial charge in [-0.15, -0.1) is 0 Å². The number of nitrogens with one attached hydrogen (secondary N) is 2. The normalized spacial score (nSPS) is 13.8. The number of halogens is 1. The Hall–Kier alpha value is -2.82. The number of benzene rings is 2. The van der Waals surface area contributed by atoms with Gasteiger partial charge in [-0.25, -0.2) is 4.98 Å². The van der Waals surface area contributed by atoms with Crippen molar-refractivity contribution in [2.75, 3.05) is 23.3 Å². The number of nitro groups is 1. The fourth-order valence-corrected chi connectivity index (χ4v) is 4.91. The molecule has 0 radical (unpaired) electrons. The van der Waals surface area contributed by atoms with Gasteiger partial charge in [0, 0.05) is 24.7 Å². The highest BCUT2D eigenvalue weighted by molar-refractivity contribution is 7.80. The van der Waals surface area contributed by atoms with E-state index >= 15 is 0 Å². The average molecular weight is 476 g/mol. The Labute approximate surface area is 192 Å². The topological polar surface area (TPSA) is 100 Å². The molecule has 8 nitrogen and oxygen atoms in total. The van der Waals surface area contributed by atoms with Crippen molar-refractivity contribution < 1.29 is 9.72 Å². The molecular formula is C20H18ClN5O3S2. The molecule has 2 N–H and O–H groups in total. The molecule has 0 saturated carbocycles. The molecule has 0 bridgehead atoms. The molecule has 0 unspecified atom stereocenters. The fraction of sp³-hybridized carbons (Fsp3) is 0.250. The van der Waals surface area contributed by atoms with E-state index in [1.165, 1.54) is 17.4 Å². The van der Waals surface area contributed by atoms with E-state index in [4.69, 9.17) is 23.8 Å². The summed E-state index contributed by atoms with van der Waals surface area (Å²) in [7, 11) is 0. The second kappa shape index (κ2) is 9.13. The van der Waals surface area contributed by atoms with E-state index in [2.05, 4.69) is 15.6 Å². The molecule has 2 heterocycles. The van der Waals surface area contributed by atoms with Gasteiger partial charge in [0.15, 0.2) is 10.2 Å².